The van der Waals surface area contributed by atoms with E-state index in [1.807, 2.05) is 6.92 Å². The Morgan fingerprint density at radius 2 is 2.31 bits per heavy atom. The van der Waals surface area contributed by atoms with Crippen molar-refractivity contribution in [2.24, 2.45) is 10.9 Å². The Bertz CT molecular complexity index is 250. The molecule has 0 spiro atoms. The van der Waals surface area contributed by atoms with Gasteiger partial charge < -0.3 is 5.32 Å². The molecule has 1 aliphatic heterocycles. The number of nitrogens with one attached hydrogen (secondary N) is 1. The second-order valence-electron chi connectivity index (χ2n) is 3.75. The van der Waals surface area contributed by atoms with Crippen molar-refractivity contribution < 1.29 is 4.79 Å². The van der Waals surface area contributed by atoms with Crippen molar-refractivity contribution in [2.45, 2.75) is 26.3 Å². The predicted molar refractivity (Wildman–Crippen MR) is 57.2 cm³/mol. The molecule has 0 aromatic heterocycles. The van der Waals surface area contributed by atoms with Crippen LogP contribution in [0, 0.1) is 5.92 Å². The second-order valence-corrected chi connectivity index (χ2v) is 4.74. The maximum atomic E-state index is 11.5. The Labute approximate surface area is 83.4 Å². The third-order valence-electron chi connectivity index (χ3n) is 2.07. The minimum Gasteiger partial charge on any atom is -0.357 e. The third kappa shape index (κ3) is 2.05. The van der Waals surface area contributed by atoms with E-state index >= 15 is 0 Å². The van der Waals surface area contributed by atoms with Crippen molar-refractivity contribution in [1.82, 2.24) is 5.32 Å². The van der Waals surface area contributed by atoms with Crippen LogP contribution in [0.15, 0.2) is 4.99 Å². The number of carbonyl (C=O) groups is 1. The van der Waals surface area contributed by atoms with Crippen molar-refractivity contribution in [3.8, 4) is 0 Å². The van der Waals surface area contributed by atoms with Gasteiger partial charge in [0.15, 0.2) is 0 Å². The SMILES string of the molecule is CNC(=O)[C@]1(C)CSC(C(C)C)=N1. The van der Waals surface area contributed by atoms with Gasteiger partial charge in [-0.2, -0.15) is 0 Å². The third-order valence-corrected chi connectivity index (χ3v) is 3.63. The van der Waals surface area contributed by atoms with Crippen molar-refractivity contribution >= 4 is 22.7 Å². The van der Waals surface area contributed by atoms with E-state index in [1.165, 1.54) is 0 Å². The van der Waals surface area contributed by atoms with Gasteiger partial charge in [0.25, 0.3) is 0 Å². The molecule has 1 N–H and O–H groups in total. The van der Waals surface area contributed by atoms with Crippen LogP contribution in [-0.4, -0.2) is 29.3 Å². The number of amides is 1. The molecule has 1 rings (SSSR count). The molecule has 0 aromatic carbocycles. The molecule has 0 aromatic rings. The first-order chi connectivity index (χ1) is 5.99. The molecule has 0 aliphatic carbocycles. The molecule has 0 saturated carbocycles. The van der Waals surface area contributed by atoms with Crippen LogP contribution in [0.5, 0.6) is 0 Å². The van der Waals surface area contributed by atoms with E-state index in [2.05, 4.69) is 24.2 Å². The van der Waals surface area contributed by atoms with Gasteiger partial charge >= 0.3 is 0 Å². The molecule has 4 heteroatoms. The number of thioether (sulfide) groups is 1. The van der Waals surface area contributed by atoms with Crippen LogP contribution in [0.25, 0.3) is 0 Å². The number of aliphatic imine (C=N–C) groups is 1. The normalized spacial score (nSPS) is 27.6. The highest BCUT2D eigenvalue weighted by Crippen LogP contribution is 2.30. The highest BCUT2D eigenvalue weighted by atomic mass is 32.2. The Balaban J connectivity index is 2.80. The van der Waals surface area contributed by atoms with Crippen LogP contribution in [0.2, 0.25) is 0 Å². The summed E-state index contributed by atoms with van der Waals surface area (Å²) in [5.41, 5.74) is -0.543. The summed E-state index contributed by atoms with van der Waals surface area (Å²) in [5, 5.41) is 3.74. The zero-order valence-corrected chi connectivity index (χ0v) is 9.36. The van der Waals surface area contributed by atoms with Crippen molar-refractivity contribution in [3.05, 3.63) is 0 Å². The first kappa shape index (κ1) is 10.6. The van der Waals surface area contributed by atoms with Gasteiger partial charge in [-0.25, -0.2) is 0 Å². The lowest BCUT2D eigenvalue weighted by atomic mass is 10.1. The van der Waals surface area contributed by atoms with Gasteiger partial charge in [0.05, 0.1) is 5.04 Å². The van der Waals surface area contributed by atoms with Crippen LogP contribution in [0.4, 0.5) is 0 Å². The molecule has 1 aliphatic rings. The van der Waals surface area contributed by atoms with Crippen LogP contribution in [0.3, 0.4) is 0 Å². The summed E-state index contributed by atoms with van der Waals surface area (Å²) in [6.45, 7) is 6.08. The van der Waals surface area contributed by atoms with E-state index in [4.69, 9.17) is 0 Å². The lowest BCUT2D eigenvalue weighted by Crippen LogP contribution is -2.41. The Morgan fingerprint density at radius 1 is 1.69 bits per heavy atom. The number of hydrogen-bond acceptors (Lipinski definition) is 3. The molecule has 1 atom stereocenters. The minimum absolute atomic E-state index is 0.00986. The number of hydrogen-bond donors (Lipinski definition) is 1. The Morgan fingerprint density at radius 3 is 2.69 bits per heavy atom. The van der Waals surface area contributed by atoms with E-state index in [1.54, 1.807) is 18.8 Å². The standard InChI is InChI=1S/C9H16N2OS/c1-6(2)7-11-9(3,5-13-7)8(12)10-4/h6H,5H2,1-4H3,(H,10,12)/t9-/m0/s1. The molecule has 3 nitrogen and oxygen atoms in total. The van der Waals surface area contributed by atoms with Crippen molar-refractivity contribution in [1.29, 1.82) is 0 Å². The summed E-state index contributed by atoms with van der Waals surface area (Å²) < 4.78 is 0. The van der Waals surface area contributed by atoms with Crippen LogP contribution >= 0.6 is 11.8 Å². The summed E-state index contributed by atoms with van der Waals surface area (Å²) in [4.78, 5) is 15.9. The summed E-state index contributed by atoms with van der Waals surface area (Å²) in [7, 11) is 1.65. The van der Waals surface area contributed by atoms with E-state index in [0.29, 0.717) is 5.92 Å². The highest BCUT2D eigenvalue weighted by molar-refractivity contribution is 8.14. The topological polar surface area (TPSA) is 41.5 Å². The highest BCUT2D eigenvalue weighted by Gasteiger charge is 2.37. The Kier molecular flexibility index (Phi) is 3.01. The predicted octanol–water partition coefficient (Wildman–Crippen LogP) is 1.29. The molecule has 1 heterocycles. The van der Waals surface area contributed by atoms with Gasteiger partial charge in [0.2, 0.25) is 5.91 Å². The molecule has 13 heavy (non-hydrogen) atoms. The Hall–Kier alpha value is -0.510. The molecule has 1 amide bonds. The van der Waals surface area contributed by atoms with Crippen molar-refractivity contribution in [3.63, 3.8) is 0 Å². The average molecular weight is 200 g/mol. The summed E-state index contributed by atoms with van der Waals surface area (Å²) >= 11 is 1.69. The van der Waals surface area contributed by atoms with Gasteiger partial charge in [-0.1, -0.05) is 13.8 Å². The number of rotatable bonds is 2. The smallest absolute Gasteiger partial charge is 0.248 e. The summed E-state index contributed by atoms with van der Waals surface area (Å²) in [5.74, 6) is 1.20. The quantitative estimate of drug-likeness (QED) is 0.730. The van der Waals surface area contributed by atoms with Gasteiger partial charge in [0.1, 0.15) is 5.54 Å². The van der Waals surface area contributed by atoms with Crippen molar-refractivity contribution in [2.75, 3.05) is 12.8 Å². The lowest BCUT2D eigenvalue weighted by molar-refractivity contribution is -0.124. The van der Waals surface area contributed by atoms with Gasteiger partial charge in [-0.05, 0) is 6.92 Å². The van der Waals surface area contributed by atoms with E-state index in [0.717, 1.165) is 10.8 Å². The zero-order valence-electron chi connectivity index (χ0n) is 8.55. The fraction of sp³-hybridized carbons (Fsp3) is 0.778. The average Bonchev–Trinajstić information content (AvgIpc) is 2.48. The largest absolute Gasteiger partial charge is 0.357 e. The molecule has 0 radical (unpaired) electrons. The molecular formula is C9H16N2OS. The van der Waals surface area contributed by atoms with Gasteiger partial charge in [0, 0.05) is 18.7 Å². The second kappa shape index (κ2) is 3.70. The fourth-order valence-corrected chi connectivity index (χ4v) is 2.43. The first-order valence-electron chi connectivity index (χ1n) is 4.44. The van der Waals surface area contributed by atoms with Gasteiger partial charge in [-0.3, -0.25) is 9.79 Å². The summed E-state index contributed by atoms with van der Waals surface area (Å²) in [6, 6.07) is 0. The van der Waals surface area contributed by atoms with Crippen LogP contribution in [-0.2, 0) is 4.79 Å². The van der Waals surface area contributed by atoms with E-state index in [9.17, 15) is 4.79 Å². The lowest BCUT2D eigenvalue weighted by Gasteiger charge is -2.16. The molecule has 0 saturated heterocycles. The summed E-state index contributed by atoms with van der Waals surface area (Å²) in [6.07, 6.45) is 0. The minimum atomic E-state index is -0.543. The number of likely N-dealkylation sites (N-methyl/N-ethyl adjacent to an activating group) is 1. The monoisotopic (exact) mass is 200 g/mol. The van der Waals surface area contributed by atoms with E-state index < -0.39 is 5.54 Å². The number of carbonyl (C=O) groups excluding carboxylic acids is 1. The van der Waals surface area contributed by atoms with Gasteiger partial charge in [-0.15, -0.1) is 11.8 Å². The maximum absolute atomic E-state index is 11.5. The fourth-order valence-electron chi connectivity index (χ4n) is 1.20. The molecular weight excluding hydrogens is 184 g/mol. The first-order valence-corrected chi connectivity index (χ1v) is 5.43. The molecule has 0 unspecified atom stereocenters. The molecule has 0 bridgehead atoms. The van der Waals surface area contributed by atoms with Crippen LogP contribution < -0.4 is 5.32 Å². The maximum Gasteiger partial charge on any atom is 0.248 e. The van der Waals surface area contributed by atoms with Crippen LogP contribution in [0.1, 0.15) is 20.8 Å². The number of nitrogens with zero attached hydrogens (tertiary/aromatic N) is 1. The molecule has 74 valence electrons. The zero-order chi connectivity index (χ0) is 10.1. The van der Waals surface area contributed by atoms with E-state index in [-0.39, 0.29) is 5.91 Å². The molecule has 0 fully saturated rings.